The van der Waals surface area contributed by atoms with Gasteiger partial charge in [-0.25, -0.2) is 0 Å². The molecule has 3 fully saturated rings. The lowest BCUT2D eigenvalue weighted by atomic mass is 9.45. The monoisotopic (exact) mass is 695 g/mol. The summed E-state index contributed by atoms with van der Waals surface area (Å²) in [5.41, 5.74) is 0.0366. The molecule has 4 aliphatic rings. The Bertz CT molecular complexity index is 1140. The highest BCUT2D eigenvalue weighted by Gasteiger charge is 2.66. The van der Waals surface area contributed by atoms with Gasteiger partial charge in [0.2, 0.25) is 0 Å². The summed E-state index contributed by atoms with van der Waals surface area (Å²) < 4.78 is 6.29. The van der Waals surface area contributed by atoms with E-state index < -0.39 is 23.2 Å². The van der Waals surface area contributed by atoms with Gasteiger partial charge in [-0.1, -0.05) is 130 Å². The minimum absolute atomic E-state index is 0.195. The molecule has 0 aromatic rings. The third-order valence-electron chi connectivity index (χ3n) is 14.6. The van der Waals surface area contributed by atoms with E-state index in [-0.39, 0.29) is 23.7 Å². The molecule has 0 bridgehead atoms. The number of carbonyl (C=O) groups excluding carboxylic acids is 1. The van der Waals surface area contributed by atoms with Gasteiger partial charge in [0, 0.05) is 18.3 Å². The molecule has 0 heterocycles. The van der Waals surface area contributed by atoms with E-state index in [0.717, 1.165) is 38.5 Å². The maximum absolute atomic E-state index is 13.4. The Labute approximate surface area is 308 Å². The Kier molecular flexibility index (Phi) is 15.8. The van der Waals surface area contributed by atoms with Gasteiger partial charge in [-0.15, -0.1) is 0 Å². The van der Waals surface area contributed by atoms with E-state index in [1.165, 1.54) is 82.6 Å². The highest BCUT2D eigenvalue weighted by atomic mass is 16.6. The van der Waals surface area contributed by atoms with Crippen LogP contribution in [-0.2, 0) is 9.53 Å². The number of allylic oxidation sites excluding steroid dienone is 5. The predicted molar refractivity (Wildman–Crippen MR) is 210 cm³/mol. The van der Waals surface area contributed by atoms with Crippen LogP contribution < -0.4 is 0 Å². The smallest absolute Gasteiger partial charge is 0.306 e. The van der Waals surface area contributed by atoms with Gasteiger partial charge in [-0.2, -0.15) is 0 Å². The number of fused-ring (bicyclic) bond motifs is 5. The largest absolute Gasteiger partial charge is 0.455 e. The highest BCUT2D eigenvalue weighted by molar-refractivity contribution is 5.70. The molecule has 4 heteroatoms. The van der Waals surface area contributed by atoms with Crippen molar-refractivity contribution >= 4 is 5.97 Å². The molecular formula is C46H78O4. The molecular weight excluding hydrogens is 617 g/mol. The van der Waals surface area contributed by atoms with E-state index >= 15 is 0 Å². The number of aliphatic hydroxyl groups is 2. The first-order valence-electron chi connectivity index (χ1n) is 21.5. The molecule has 50 heavy (non-hydrogen) atoms. The van der Waals surface area contributed by atoms with Gasteiger partial charge in [0.25, 0.3) is 0 Å². The molecule has 0 radical (unpaired) electrons. The molecule has 3 saturated carbocycles. The van der Waals surface area contributed by atoms with Gasteiger partial charge in [0.1, 0.15) is 11.7 Å². The normalized spacial score (nSPS) is 35.2. The van der Waals surface area contributed by atoms with E-state index in [9.17, 15) is 15.0 Å². The van der Waals surface area contributed by atoms with Crippen molar-refractivity contribution < 1.29 is 19.7 Å². The van der Waals surface area contributed by atoms with Crippen LogP contribution in [0.25, 0.3) is 0 Å². The van der Waals surface area contributed by atoms with Crippen LogP contribution in [0.3, 0.4) is 0 Å². The van der Waals surface area contributed by atoms with Crippen molar-refractivity contribution in [2.45, 2.75) is 201 Å². The van der Waals surface area contributed by atoms with Gasteiger partial charge in [0.05, 0.1) is 6.10 Å². The van der Waals surface area contributed by atoms with Crippen LogP contribution in [0.1, 0.15) is 183 Å². The van der Waals surface area contributed by atoms with Crippen molar-refractivity contribution in [3.05, 3.63) is 36.0 Å². The lowest BCUT2D eigenvalue weighted by molar-refractivity contribution is -0.222. The zero-order chi connectivity index (χ0) is 36.4. The van der Waals surface area contributed by atoms with Gasteiger partial charge < -0.3 is 14.9 Å². The maximum atomic E-state index is 13.4. The van der Waals surface area contributed by atoms with Crippen LogP contribution in [0.5, 0.6) is 0 Å². The van der Waals surface area contributed by atoms with E-state index in [1.807, 2.05) is 0 Å². The summed E-state index contributed by atoms with van der Waals surface area (Å²) in [6.07, 6.45) is 33.4. The average Bonchev–Trinajstić information content (AvgIpc) is 3.43. The van der Waals surface area contributed by atoms with Crippen molar-refractivity contribution in [2.24, 2.45) is 46.3 Å². The lowest BCUT2D eigenvalue weighted by Crippen LogP contribution is -2.66. The molecule has 4 nitrogen and oxygen atoms in total. The van der Waals surface area contributed by atoms with E-state index in [1.54, 1.807) is 0 Å². The minimum Gasteiger partial charge on any atom is -0.455 e. The number of carbonyl (C=O) groups is 1. The SMILES string of the molecule is CCCCCCCCC=CCCCCCCCC(=O)O[C@@H]1C=C2C3CC[C@H]([C@H](C)C=C[C@H](C)C(C)C)[C@@]3(C)CCC2[C@@]2(C)CC[C@H](O)C[C@]12O. The fourth-order valence-electron chi connectivity index (χ4n) is 10.8. The number of aliphatic hydroxyl groups excluding tert-OH is 1. The van der Waals surface area contributed by atoms with Crippen molar-refractivity contribution in [1.29, 1.82) is 0 Å². The first-order valence-corrected chi connectivity index (χ1v) is 21.5. The van der Waals surface area contributed by atoms with E-state index in [0.29, 0.717) is 42.4 Å². The summed E-state index contributed by atoms with van der Waals surface area (Å²) in [5.74, 6) is 2.95. The summed E-state index contributed by atoms with van der Waals surface area (Å²) >= 11 is 0. The third kappa shape index (κ3) is 9.77. The first kappa shape index (κ1) is 41.4. The Balaban J connectivity index is 1.31. The van der Waals surface area contributed by atoms with Crippen LogP contribution in [0.15, 0.2) is 36.0 Å². The van der Waals surface area contributed by atoms with Gasteiger partial charge >= 0.3 is 5.97 Å². The zero-order valence-corrected chi connectivity index (χ0v) is 33.6. The molecule has 0 aromatic heterocycles. The topological polar surface area (TPSA) is 66.8 Å². The van der Waals surface area contributed by atoms with Crippen molar-refractivity contribution in [3.8, 4) is 0 Å². The lowest BCUT2D eigenvalue weighted by Gasteiger charge is -2.62. The number of hydrogen-bond donors (Lipinski definition) is 2. The molecule has 4 aliphatic carbocycles. The number of unbranched alkanes of at least 4 members (excludes halogenated alkanes) is 11. The molecule has 0 amide bonds. The Hall–Kier alpha value is -1.39. The number of ether oxygens (including phenoxy) is 1. The summed E-state index contributed by atoms with van der Waals surface area (Å²) in [4.78, 5) is 13.4. The molecule has 2 unspecified atom stereocenters. The van der Waals surface area contributed by atoms with Crippen LogP contribution >= 0.6 is 0 Å². The number of esters is 1. The molecule has 0 aromatic carbocycles. The van der Waals surface area contributed by atoms with Crippen molar-refractivity contribution in [2.75, 3.05) is 0 Å². The van der Waals surface area contributed by atoms with E-state index in [4.69, 9.17) is 4.74 Å². The average molecular weight is 695 g/mol. The second-order valence-corrected chi connectivity index (χ2v) is 18.3. The third-order valence-corrected chi connectivity index (χ3v) is 14.6. The van der Waals surface area contributed by atoms with Gasteiger partial charge in [-0.3, -0.25) is 4.79 Å². The van der Waals surface area contributed by atoms with E-state index in [2.05, 4.69) is 78.8 Å². The fraction of sp³-hybridized carbons (Fsp3) is 0.848. The quantitative estimate of drug-likeness (QED) is 0.0756. The molecule has 2 N–H and O–H groups in total. The standard InChI is InChI=1S/C46H78O4/c1-8-9-10-11-12-13-14-15-16-17-18-19-20-21-22-23-43(48)50-42-32-38-40-27-26-39(36(5)25-24-35(4)34(2)3)44(40,6)30-29-41(38)45(7)31-28-37(47)33-46(42,45)49/h15-16,24-25,32,34-37,39-42,47,49H,8-14,17-23,26-31,33H2,1-7H3/t35-,36+,37-,39+,40?,41?,42+,44+,45+,46-/m0/s1. The van der Waals surface area contributed by atoms with Crippen LogP contribution in [0, 0.1) is 46.3 Å². The number of rotatable bonds is 20. The molecule has 10 atom stereocenters. The van der Waals surface area contributed by atoms with Gasteiger partial charge in [0.15, 0.2) is 0 Å². The number of hydrogen-bond acceptors (Lipinski definition) is 4. The second-order valence-electron chi connectivity index (χ2n) is 18.3. The summed E-state index contributed by atoms with van der Waals surface area (Å²) in [5, 5.41) is 23.3. The first-order chi connectivity index (χ1) is 23.9. The molecule has 0 saturated heterocycles. The van der Waals surface area contributed by atoms with Crippen LogP contribution in [-0.4, -0.2) is 34.0 Å². The summed E-state index contributed by atoms with van der Waals surface area (Å²) in [6.45, 7) is 16.4. The molecule has 4 rings (SSSR count). The second kappa shape index (κ2) is 19.1. The Morgan fingerprint density at radius 1 is 0.840 bits per heavy atom. The fourth-order valence-corrected chi connectivity index (χ4v) is 10.8. The van der Waals surface area contributed by atoms with Crippen LogP contribution in [0.4, 0.5) is 0 Å². The molecule has 0 aliphatic heterocycles. The molecule has 286 valence electrons. The predicted octanol–water partition coefficient (Wildman–Crippen LogP) is 12.1. The molecule has 0 spiro atoms. The summed E-state index contributed by atoms with van der Waals surface area (Å²) in [6, 6.07) is 0. The van der Waals surface area contributed by atoms with Crippen molar-refractivity contribution in [1.82, 2.24) is 0 Å². The Morgan fingerprint density at radius 2 is 1.48 bits per heavy atom. The van der Waals surface area contributed by atoms with Crippen molar-refractivity contribution in [3.63, 3.8) is 0 Å². The maximum Gasteiger partial charge on any atom is 0.306 e. The zero-order valence-electron chi connectivity index (χ0n) is 33.6. The summed E-state index contributed by atoms with van der Waals surface area (Å²) in [7, 11) is 0. The van der Waals surface area contributed by atoms with Gasteiger partial charge in [-0.05, 0) is 118 Å². The minimum atomic E-state index is -1.23. The Morgan fingerprint density at radius 3 is 2.14 bits per heavy atom. The highest BCUT2D eigenvalue weighted by Crippen LogP contribution is 2.68. The van der Waals surface area contributed by atoms with Crippen LogP contribution in [0.2, 0.25) is 0 Å².